The fraction of sp³-hybridized carbons (Fsp3) is 0.846. The summed E-state index contributed by atoms with van der Waals surface area (Å²) in [6, 6.07) is 0. The maximum absolute atomic E-state index is 11.4. The lowest BCUT2D eigenvalue weighted by Gasteiger charge is -2.03. The lowest BCUT2D eigenvalue weighted by atomic mass is 10.3. The van der Waals surface area contributed by atoms with Crippen molar-refractivity contribution in [2.45, 2.75) is 30.0 Å². The third-order valence-corrected chi connectivity index (χ3v) is 5.12. The summed E-state index contributed by atoms with van der Waals surface area (Å²) in [5.74, 6) is -0.444. The van der Waals surface area contributed by atoms with Crippen molar-refractivity contribution in [2.24, 2.45) is 23.7 Å². The number of hydrogen-bond donors (Lipinski definition) is 0. The predicted octanol–water partition coefficient (Wildman–Crippen LogP) is 2.31. The van der Waals surface area contributed by atoms with Gasteiger partial charge in [-0.2, -0.15) is 0 Å². The number of halogens is 2. The maximum atomic E-state index is 11.4. The molecule has 3 aliphatic carbocycles. The van der Waals surface area contributed by atoms with E-state index in [1.165, 1.54) is 0 Å². The Labute approximate surface area is 121 Å². The van der Waals surface area contributed by atoms with Crippen LogP contribution in [-0.2, 0) is 19.1 Å². The maximum Gasteiger partial charge on any atom is 0.308 e. The zero-order valence-corrected chi connectivity index (χ0v) is 12.0. The van der Waals surface area contributed by atoms with Crippen LogP contribution in [-0.4, -0.2) is 29.5 Å². The van der Waals surface area contributed by atoms with Gasteiger partial charge in [-0.1, -0.05) is 0 Å². The summed E-state index contributed by atoms with van der Waals surface area (Å²) in [7, 11) is 0. The van der Waals surface area contributed by atoms with Gasteiger partial charge in [0, 0.05) is 11.8 Å². The van der Waals surface area contributed by atoms with Gasteiger partial charge in [0.1, 0.15) is 4.33 Å². The Morgan fingerprint density at radius 2 is 1.26 bits per heavy atom. The van der Waals surface area contributed by atoms with E-state index in [4.69, 9.17) is 32.7 Å². The van der Waals surface area contributed by atoms with Crippen LogP contribution in [0.1, 0.15) is 25.7 Å². The quantitative estimate of drug-likeness (QED) is 0.558. The SMILES string of the molecule is O=C(OCC1C(COC(=O)C2CC2)C1(Cl)Cl)C1CC1. The number of hydrogen-bond acceptors (Lipinski definition) is 4. The summed E-state index contributed by atoms with van der Waals surface area (Å²) in [6.07, 6.45) is 3.66. The smallest absolute Gasteiger partial charge is 0.308 e. The minimum atomic E-state index is -0.937. The fourth-order valence-corrected chi connectivity index (χ4v) is 2.87. The molecule has 3 rings (SSSR count). The summed E-state index contributed by atoms with van der Waals surface area (Å²) < 4.78 is 9.41. The van der Waals surface area contributed by atoms with Gasteiger partial charge in [0.15, 0.2) is 0 Å². The molecule has 2 unspecified atom stereocenters. The number of alkyl halides is 2. The number of carbonyl (C=O) groups excluding carboxylic acids is 2. The average Bonchev–Trinajstić information content (AvgIpc) is 3.22. The highest BCUT2D eigenvalue weighted by molar-refractivity contribution is 6.51. The van der Waals surface area contributed by atoms with Gasteiger partial charge >= 0.3 is 11.9 Å². The molecular formula is C13H16Cl2O4. The van der Waals surface area contributed by atoms with Gasteiger partial charge < -0.3 is 9.47 Å². The van der Waals surface area contributed by atoms with Crippen molar-refractivity contribution in [3.8, 4) is 0 Å². The van der Waals surface area contributed by atoms with E-state index in [2.05, 4.69) is 0 Å². The fourth-order valence-electron chi connectivity index (χ4n) is 2.13. The number of carbonyl (C=O) groups is 2. The molecule has 19 heavy (non-hydrogen) atoms. The molecule has 0 aromatic rings. The van der Waals surface area contributed by atoms with Crippen molar-refractivity contribution in [1.29, 1.82) is 0 Å². The van der Waals surface area contributed by atoms with Crippen LogP contribution < -0.4 is 0 Å². The summed E-state index contributed by atoms with van der Waals surface area (Å²) in [5.41, 5.74) is 0. The van der Waals surface area contributed by atoms with Gasteiger partial charge in [-0.05, 0) is 25.7 Å². The summed E-state index contributed by atoms with van der Waals surface area (Å²) >= 11 is 12.2. The zero-order valence-electron chi connectivity index (χ0n) is 10.4. The highest BCUT2D eigenvalue weighted by Crippen LogP contribution is 2.59. The topological polar surface area (TPSA) is 52.6 Å². The molecule has 0 heterocycles. The molecule has 3 saturated carbocycles. The Hall–Kier alpha value is -0.480. The molecule has 2 atom stereocenters. The Morgan fingerprint density at radius 3 is 1.58 bits per heavy atom. The van der Waals surface area contributed by atoms with Crippen molar-refractivity contribution in [3.63, 3.8) is 0 Å². The molecule has 0 bridgehead atoms. The van der Waals surface area contributed by atoms with E-state index in [-0.39, 0.29) is 48.8 Å². The normalized spacial score (nSPS) is 31.7. The van der Waals surface area contributed by atoms with Crippen LogP contribution in [0.3, 0.4) is 0 Å². The Kier molecular flexibility index (Phi) is 3.42. The molecular weight excluding hydrogens is 291 g/mol. The van der Waals surface area contributed by atoms with Gasteiger partial charge in [0.25, 0.3) is 0 Å². The van der Waals surface area contributed by atoms with Crippen LogP contribution in [0.2, 0.25) is 0 Å². The molecule has 0 aromatic carbocycles. The second kappa shape index (κ2) is 4.81. The van der Waals surface area contributed by atoms with Gasteiger partial charge in [-0.15, -0.1) is 23.2 Å². The van der Waals surface area contributed by atoms with E-state index in [1.807, 2.05) is 0 Å². The average molecular weight is 307 g/mol. The predicted molar refractivity (Wildman–Crippen MR) is 68.8 cm³/mol. The van der Waals surface area contributed by atoms with Crippen molar-refractivity contribution >= 4 is 35.1 Å². The molecule has 4 nitrogen and oxygen atoms in total. The van der Waals surface area contributed by atoms with Crippen LogP contribution in [0.25, 0.3) is 0 Å². The highest BCUT2D eigenvalue weighted by Gasteiger charge is 2.64. The summed E-state index contributed by atoms with van der Waals surface area (Å²) in [5, 5.41) is 0. The van der Waals surface area contributed by atoms with Crippen molar-refractivity contribution in [1.82, 2.24) is 0 Å². The van der Waals surface area contributed by atoms with Crippen molar-refractivity contribution < 1.29 is 19.1 Å². The molecule has 0 radical (unpaired) electrons. The highest BCUT2D eigenvalue weighted by atomic mass is 35.5. The number of ether oxygens (including phenoxy) is 2. The second-order valence-electron chi connectivity index (χ2n) is 5.70. The first kappa shape index (κ1) is 13.5. The summed E-state index contributed by atoms with van der Waals surface area (Å²) in [6.45, 7) is 0.432. The van der Waals surface area contributed by atoms with E-state index in [1.54, 1.807) is 0 Å². The van der Waals surface area contributed by atoms with E-state index in [9.17, 15) is 9.59 Å². The van der Waals surface area contributed by atoms with E-state index < -0.39 is 4.33 Å². The van der Waals surface area contributed by atoms with E-state index in [0.29, 0.717) is 0 Å². The third kappa shape index (κ3) is 3.00. The first-order valence-corrected chi connectivity index (χ1v) is 7.47. The third-order valence-electron chi connectivity index (χ3n) is 4.00. The largest absolute Gasteiger partial charge is 0.465 e. The Bertz CT molecular complexity index is 365. The lowest BCUT2D eigenvalue weighted by molar-refractivity contribution is -0.148. The van der Waals surface area contributed by atoms with Gasteiger partial charge in [-0.25, -0.2) is 0 Å². The van der Waals surface area contributed by atoms with E-state index in [0.717, 1.165) is 25.7 Å². The first-order chi connectivity index (χ1) is 9.00. The zero-order chi connectivity index (χ0) is 13.6. The van der Waals surface area contributed by atoms with Crippen molar-refractivity contribution in [2.75, 3.05) is 13.2 Å². The number of rotatable bonds is 6. The molecule has 0 saturated heterocycles. The monoisotopic (exact) mass is 306 g/mol. The van der Waals surface area contributed by atoms with Gasteiger partial charge in [0.05, 0.1) is 25.0 Å². The molecule has 0 N–H and O–H groups in total. The Balaban J connectivity index is 1.40. The second-order valence-corrected chi connectivity index (χ2v) is 7.14. The number of esters is 2. The minimum Gasteiger partial charge on any atom is -0.465 e. The van der Waals surface area contributed by atoms with Crippen LogP contribution in [0.15, 0.2) is 0 Å². The molecule has 3 aliphatic rings. The van der Waals surface area contributed by atoms with Crippen LogP contribution in [0, 0.1) is 23.7 Å². The van der Waals surface area contributed by atoms with Crippen LogP contribution in [0.4, 0.5) is 0 Å². The molecule has 6 heteroatoms. The molecule has 106 valence electrons. The van der Waals surface area contributed by atoms with Crippen LogP contribution in [0.5, 0.6) is 0 Å². The molecule has 0 spiro atoms. The Morgan fingerprint density at radius 1 is 0.895 bits per heavy atom. The molecule has 3 fully saturated rings. The standard InChI is InChI=1S/C13H16Cl2O4/c14-13(15)9(5-18-11(16)7-1-2-7)10(13)6-19-12(17)8-3-4-8/h7-10H,1-6H2. The van der Waals surface area contributed by atoms with Gasteiger partial charge in [0.2, 0.25) is 0 Å². The minimum absolute atomic E-state index is 0.0740. The lowest BCUT2D eigenvalue weighted by Crippen LogP contribution is -2.12. The van der Waals surface area contributed by atoms with Crippen molar-refractivity contribution in [3.05, 3.63) is 0 Å². The van der Waals surface area contributed by atoms with Gasteiger partial charge in [-0.3, -0.25) is 9.59 Å². The van der Waals surface area contributed by atoms with E-state index >= 15 is 0 Å². The molecule has 0 aliphatic heterocycles. The summed E-state index contributed by atoms with van der Waals surface area (Å²) in [4.78, 5) is 22.9. The van der Waals surface area contributed by atoms with Crippen LogP contribution >= 0.6 is 23.2 Å². The molecule has 0 aromatic heterocycles. The molecule has 0 amide bonds. The first-order valence-electron chi connectivity index (χ1n) is 6.71.